The maximum atomic E-state index is 12.9. The van der Waals surface area contributed by atoms with Crippen LogP contribution < -0.4 is 10.0 Å². The number of carbonyl (C=O) groups excluding carboxylic acids is 1. The Labute approximate surface area is 195 Å². The summed E-state index contributed by atoms with van der Waals surface area (Å²) in [4.78, 5) is 15.4. The molecule has 2 aromatic carbocycles. The van der Waals surface area contributed by atoms with E-state index < -0.39 is 16.1 Å². The van der Waals surface area contributed by atoms with Crippen molar-refractivity contribution in [3.05, 3.63) is 65.7 Å². The number of sulfonamides is 1. The Morgan fingerprint density at radius 1 is 1.09 bits per heavy atom. The molecule has 2 aromatic rings. The molecule has 7 nitrogen and oxygen atoms in total. The topological polar surface area (TPSA) is 87.7 Å². The van der Waals surface area contributed by atoms with E-state index >= 15 is 0 Å². The first kappa shape index (κ1) is 24.7. The highest BCUT2D eigenvalue weighted by atomic mass is 32.2. The van der Waals surface area contributed by atoms with E-state index in [1.807, 2.05) is 18.4 Å². The Kier molecular flexibility index (Phi) is 9.55. The molecule has 3 rings (SSSR count). The van der Waals surface area contributed by atoms with Crippen LogP contribution in [0.5, 0.6) is 0 Å². The minimum Gasteiger partial charge on any atom is -0.379 e. The van der Waals surface area contributed by atoms with Gasteiger partial charge in [0.05, 0.1) is 18.1 Å². The Hall–Kier alpha value is -1.91. The van der Waals surface area contributed by atoms with Gasteiger partial charge in [0.25, 0.3) is 0 Å². The Balaban J connectivity index is 1.60. The van der Waals surface area contributed by atoms with Gasteiger partial charge in [-0.15, -0.1) is 0 Å². The van der Waals surface area contributed by atoms with Crippen LogP contribution in [0.3, 0.4) is 0 Å². The fraction of sp³-hybridized carbons (Fsp3) is 0.435. The van der Waals surface area contributed by atoms with E-state index in [2.05, 4.69) is 27.1 Å². The summed E-state index contributed by atoms with van der Waals surface area (Å²) < 4.78 is 33.4. The van der Waals surface area contributed by atoms with Crippen LogP contribution in [-0.2, 0) is 32.6 Å². The van der Waals surface area contributed by atoms with Crippen molar-refractivity contribution in [3.63, 3.8) is 0 Å². The highest BCUT2D eigenvalue weighted by molar-refractivity contribution is 7.98. The lowest BCUT2D eigenvalue weighted by Gasteiger charge is -2.26. The Morgan fingerprint density at radius 2 is 1.81 bits per heavy atom. The van der Waals surface area contributed by atoms with Crippen molar-refractivity contribution in [1.29, 1.82) is 0 Å². The van der Waals surface area contributed by atoms with Gasteiger partial charge in [-0.25, -0.2) is 8.42 Å². The zero-order valence-corrected chi connectivity index (χ0v) is 20.0. The number of hydrogen-bond donors (Lipinski definition) is 2. The lowest BCUT2D eigenvalue weighted by Crippen LogP contribution is -2.46. The molecule has 0 radical (unpaired) electrons. The number of morpholine rings is 1. The number of amides is 1. The maximum Gasteiger partial charge on any atom is 0.241 e. The van der Waals surface area contributed by atoms with Crippen LogP contribution in [0.1, 0.15) is 17.5 Å². The molecule has 9 heteroatoms. The quantitative estimate of drug-likeness (QED) is 0.516. The smallest absolute Gasteiger partial charge is 0.241 e. The highest BCUT2D eigenvalue weighted by Gasteiger charge is 2.25. The predicted molar refractivity (Wildman–Crippen MR) is 128 cm³/mol. The van der Waals surface area contributed by atoms with Crippen LogP contribution in [0, 0.1) is 0 Å². The number of carbonyl (C=O) groups is 1. The van der Waals surface area contributed by atoms with Crippen LogP contribution >= 0.6 is 11.8 Å². The molecule has 1 aliphatic heterocycles. The SMILES string of the molecule is CSCCC(NS(=O)(=O)c1ccccc1)C(=O)NCc1cccc(CN2CCOCC2)c1. The van der Waals surface area contributed by atoms with E-state index in [9.17, 15) is 13.2 Å². The van der Waals surface area contributed by atoms with Gasteiger partial charge in [-0.2, -0.15) is 16.5 Å². The lowest BCUT2D eigenvalue weighted by molar-refractivity contribution is -0.122. The van der Waals surface area contributed by atoms with Crippen LogP contribution in [0.4, 0.5) is 0 Å². The zero-order valence-electron chi connectivity index (χ0n) is 18.3. The molecule has 1 atom stereocenters. The van der Waals surface area contributed by atoms with Gasteiger partial charge in [0, 0.05) is 26.2 Å². The van der Waals surface area contributed by atoms with Crippen LogP contribution in [0.25, 0.3) is 0 Å². The van der Waals surface area contributed by atoms with Gasteiger partial charge < -0.3 is 10.1 Å². The summed E-state index contributed by atoms with van der Waals surface area (Å²) in [6.45, 7) is 4.54. The number of hydrogen-bond acceptors (Lipinski definition) is 6. The number of benzene rings is 2. The van der Waals surface area contributed by atoms with Gasteiger partial charge in [0.15, 0.2) is 0 Å². The monoisotopic (exact) mass is 477 g/mol. The molecule has 1 unspecified atom stereocenters. The van der Waals surface area contributed by atoms with Gasteiger partial charge in [-0.1, -0.05) is 42.5 Å². The molecule has 0 aromatic heterocycles. The van der Waals surface area contributed by atoms with Gasteiger partial charge in [-0.05, 0) is 41.7 Å². The summed E-state index contributed by atoms with van der Waals surface area (Å²) >= 11 is 1.57. The third-order valence-electron chi connectivity index (χ3n) is 5.25. The van der Waals surface area contributed by atoms with Gasteiger partial charge >= 0.3 is 0 Å². The van der Waals surface area contributed by atoms with E-state index in [0.717, 1.165) is 38.4 Å². The van der Waals surface area contributed by atoms with E-state index in [0.29, 0.717) is 18.7 Å². The van der Waals surface area contributed by atoms with Crippen LogP contribution in [-0.4, -0.2) is 63.6 Å². The Morgan fingerprint density at radius 3 is 2.53 bits per heavy atom. The molecule has 0 bridgehead atoms. The van der Waals surface area contributed by atoms with Crippen molar-refractivity contribution in [3.8, 4) is 0 Å². The highest BCUT2D eigenvalue weighted by Crippen LogP contribution is 2.12. The summed E-state index contributed by atoms with van der Waals surface area (Å²) in [5.74, 6) is 0.349. The average Bonchev–Trinajstić information content (AvgIpc) is 2.81. The van der Waals surface area contributed by atoms with Crippen molar-refractivity contribution < 1.29 is 17.9 Å². The van der Waals surface area contributed by atoms with Crippen molar-refractivity contribution in [1.82, 2.24) is 14.9 Å². The minimum absolute atomic E-state index is 0.151. The second-order valence-corrected chi connectivity index (χ2v) is 10.4. The number of thioether (sulfide) groups is 1. The number of nitrogens with zero attached hydrogens (tertiary/aromatic N) is 1. The van der Waals surface area contributed by atoms with Gasteiger partial charge in [0.1, 0.15) is 6.04 Å². The second-order valence-electron chi connectivity index (χ2n) is 7.69. The molecule has 1 heterocycles. The normalized spacial score (nSPS) is 15.9. The third-order valence-corrected chi connectivity index (χ3v) is 7.38. The third kappa shape index (κ3) is 7.60. The zero-order chi connectivity index (χ0) is 22.8. The molecule has 1 aliphatic rings. The van der Waals surface area contributed by atoms with Crippen molar-refractivity contribution in [2.75, 3.05) is 38.3 Å². The van der Waals surface area contributed by atoms with Crippen molar-refractivity contribution in [2.24, 2.45) is 0 Å². The minimum atomic E-state index is -3.78. The predicted octanol–water partition coefficient (Wildman–Crippen LogP) is 2.24. The molecule has 32 heavy (non-hydrogen) atoms. The summed E-state index contributed by atoms with van der Waals surface area (Å²) in [5.41, 5.74) is 2.17. The van der Waals surface area contributed by atoms with Crippen molar-refractivity contribution in [2.45, 2.75) is 30.4 Å². The lowest BCUT2D eigenvalue weighted by atomic mass is 10.1. The maximum absolute atomic E-state index is 12.9. The molecule has 2 N–H and O–H groups in total. The molecule has 1 fully saturated rings. The first-order valence-corrected chi connectivity index (χ1v) is 13.6. The molecule has 1 amide bonds. The summed E-state index contributed by atoms with van der Waals surface area (Å²) in [7, 11) is -3.78. The van der Waals surface area contributed by atoms with Crippen LogP contribution in [0.2, 0.25) is 0 Å². The fourth-order valence-corrected chi connectivity index (χ4v) is 5.22. The first-order chi connectivity index (χ1) is 15.5. The van der Waals surface area contributed by atoms with E-state index in [4.69, 9.17) is 4.74 Å². The molecule has 0 aliphatic carbocycles. The molecular weight excluding hydrogens is 446 g/mol. The first-order valence-electron chi connectivity index (χ1n) is 10.7. The van der Waals surface area contributed by atoms with Crippen LogP contribution in [0.15, 0.2) is 59.5 Å². The molecule has 1 saturated heterocycles. The molecule has 174 valence electrons. The van der Waals surface area contributed by atoms with Crippen molar-refractivity contribution >= 4 is 27.7 Å². The summed E-state index contributed by atoms with van der Waals surface area (Å²) in [6.07, 6.45) is 2.34. The number of ether oxygens (including phenoxy) is 1. The molecular formula is C23H31N3O4S2. The second kappa shape index (κ2) is 12.4. The average molecular weight is 478 g/mol. The Bertz CT molecular complexity index is 964. The summed E-state index contributed by atoms with van der Waals surface area (Å²) in [5, 5.41) is 2.90. The number of rotatable bonds is 11. The number of nitrogens with one attached hydrogen (secondary N) is 2. The van der Waals surface area contributed by atoms with Gasteiger partial charge in [-0.3, -0.25) is 9.69 Å². The van der Waals surface area contributed by atoms with E-state index in [1.54, 1.807) is 30.0 Å². The largest absolute Gasteiger partial charge is 0.379 e. The van der Waals surface area contributed by atoms with E-state index in [-0.39, 0.29) is 10.8 Å². The summed E-state index contributed by atoms with van der Waals surface area (Å²) in [6, 6.07) is 15.4. The molecule has 0 saturated carbocycles. The fourth-order valence-electron chi connectivity index (χ4n) is 3.50. The standard InChI is InChI=1S/C23H31N3O4S2/c1-31-15-10-22(25-32(28,29)21-8-3-2-4-9-21)23(27)24-17-19-6-5-7-20(16-19)18-26-11-13-30-14-12-26/h2-9,16,22,25H,10-15,17-18H2,1H3,(H,24,27). The van der Waals surface area contributed by atoms with E-state index in [1.165, 1.54) is 17.7 Å². The van der Waals surface area contributed by atoms with Gasteiger partial charge in [0.2, 0.25) is 15.9 Å². The molecule has 0 spiro atoms.